The van der Waals surface area contributed by atoms with Crippen molar-refractivity contribution in [1.82, 2.24) is 9.97 Å². The predicted molar refractivity (Wildman–Crippen MR) is 77.6 cm³/mol. The molecule has 3 aromatic rings. The molecule has 2 heterocycles. The highest BCUT2D eigenvalue weighted by Crippen LogP contribution is 2.25. The summed E-state index contributed by atoms with van der Waals surface area (Å²) in [5, 5.41) is 11.8. The topological polar surface area (TPSA) is 88.2 Å². The van der Waals surface area contributed by atoms with Gasteiger partial charge in [-0.05, 0) is 31.2 Å². The Hall–Kier alpha value is -2.73. The van der Waals surface area contributed by atoms with Gasteiger partial charge in [-0.3, -0.25) is 9.78 Å². The lowest BCUT2D eigenvalue weighted by molar-refractivity contribution is -0.123. The summed E-state index contributed by atoms with van der Waals surface area (Å²) in [6.07, 6.45) is 0.595. The van der Waals surface area contributed by atoms with Crippen molar-refractivity contribution in [3.63, 3.8) is 0 Å². The van der Waals surface area contributed by atoms with Crippen LogP contribution in [0.5, 0.6) is 0 Å². The van der Waals surface area contributed by atoms with E-state index in [0.29, 0.717) is 28.4 Å². The van der Waals surface area contributed by atoms with Crippen LogP contribution < -0.4 is 5.32 Å². The van der Waals surface area contributed by atoms with Gasteiger partial charge in [0.15, 0.2) is 5.58 Å². The summed E-state index contributed by atoms with van der Waals surface area (Å²) in [4.78, 5) is 20.0. The van der Waals surface area contributed by atoms with Gasteiger partial charge in [-0.1, -0.05) is 6.07 Å². The van der Waals surface area contributed by atoms with E-state index < -0.39 is 12.0 Å². The Kier molecular flexibility index (Phi) is 3.37. The van der Waals surface area contributed by atoms with Crippen LogP contribution in [0, 0.1) is 0 Å². The number of carbonyl (C=O) groups is 1. The number of hydrogen-bond acceptors (Lipinski definition) is 5. The molecule has 106 valence electrons. The Labute approximate surface area is 120 Å². The van der Waals surface area contributed by atoms with Crippen LogP contribution in [0.25, 0.3) is 22.7 Å². The number of carbonyl (C=O) groups excluding carboxylic acids is 1. The number of hydrogen-bond donors (Lipinski definition) is 2. The zero-order valence-corrected chi connectivity index (χ0v) is 11.3. The average Bonchev–Trinajstić information content (AvgIpc) is 2.91. The van der Waals surface area contributed by atoms with Gasteiger partial charge in [0.05, 0.1) is 0 Å². The fraction of sp³-hybridized carbons (Fsp3) is 0.133. The maximum atomic E-state index is 11.5. The van der Waals surface area contributed by atoms with Crippen molar-refractivity contribution >= 4 is 22.7 Å². The highest BCUT2D eigenvalue weighted by atomic mass is 16.3. The monoisotopic (exact) mass is 283 g/mol. The van der Waals surface area contributed by atoms with Crippen LogP contribution in [-0.4, -0.2) is 27.1 Å². The summed E-state index contributed by atoms with van der Waals surface area (Å²) in [5.41, 5.74) is 2.39. The summed E-state index contributed by atoms with van der Waals surface area (Å²) >= 11 is 0. The quantitative estimate of drug-likeness (QED) is 0.769. The molecule has 0 bridgehead atoms. The van der Waals surface area contributed by atoms with Crippen molar-refractivity contribution in [3.05, 3.63) is 42.6 Å². The van der Waals surface area contributed by atoms with E-state index in [4.69, 9.17) is 4.42 Å². The molecule has 0 fully saturated rings. The van der Waals surface area contributed by atoms with Crippen molar-refractivity contribution in [1.29, 1.82) is 0 Å². The zero-order chi connectivity index (χ0) is 14.8. The average molecular weight is 283 g/mol. The van der Waals surface area contributed by atoms with Crippen LogP contribution in [0.1, 0.15) is 6.92 Å². The van der Waals surface area contributed by atoms with Gasteiger partial charge in [-0.15, -0.1) is 0 Å². The molecule has 1 unspecified atom stereocenters. The number of fused-ring (bicyclic) bond motifs is 1. The molecule has 1 aromatic carbocycles. The molecule has 3 rings (SSSR count). The van der Waals surface area contributed by atoms with Gasteiger partial charge in [-0.2, -0.15) is 0 Å². The zero-order valence-electron chi connectivity index (χ0n) is 11.3. The van der Waals surface area contributed by atoms with Gasteiger partial charge >= 0.3 is 0 Å². The standard InChI is InChI=1S/C15H13N3O3/c1-9(19)14(20)17-10-5-6-11-13(8-10)21-15(18-11)12-4-2-3-7-16-12/h2-9,19H,1H3,(H,17,20). The molecule has 0 aliphatic rings. The first-order valence-electron chi connectivity index (χ1n) is 6.44. The molecule has 0 spiro atoms. The molecule has 6 nitrogen and oxygen atoms in total. The van der Waals surface area contributed by atoms with E-state index in [1.165, 1.54) is 6.92 Å². The van der Waals surface area contributed by atoms with E-state index in [9.17, 15) is 9.90 Å². The lowest BCUT2D eigenvalue weighted by Gasteiger charge is -2.06. The minimum absolute atomic E-state index is 0.421. The van der Waals surface area contributed by atoms with E-state index in [2.05, 4.69) is 15.3 Å². The van der Waals surface area contributed by atoms with Crippen LogP contribution in [0.2, 0.25) is 0 Å². The highest BCUT2D eigenvalue weighted by molar-refractivity contribution is 5.95. The molecule has 0 saturated carbocycles. The molecule has 0 aliphatic heterocycles. The highest BCUT2D eigenvalue weighted by Gasteiger charge is 2.12. The first kappa shape index (κ1) is 13.3. The SMILES string of the molecule is CC(O)C(=O)Nc1ccc2nc(-c3ccccn3)oc2c1. The summed E-state index contributed by atoms with van der Waals surface area (Å²) in [6.45, 7) is 1.40. The Bertz CT molecular complexity index is 781. The van der Waals surface area contributed by atoms with Crippen molar-refractivity contribution in [3.8, 4) is 11.6 Å². The Morgan fingerprint density at radius 3 is 2.90 bits per heavy atom. The minimum Gasteiger partial charge on any atom is -0.435 e. The van der Waals surface area contributed by atoms with Crippen molar-refractivity contribution in [2.75, 3.05) is 5.32 Å². The number of pyridine rings is 1. The Morgan fingerprint density at radius 1 is 1.33 bits per heavy atom. The minimum atomic E-state index is -1.07. The molecule has 21 heavy (non-hydrogen) atoms. The number of aromatic nitrogens is 2. The summed E-state index contributed by atoms with van der Waals surface area (Å²) in [5.74, 6) is -0.0524. The normalized spacial score (nSPS) is 12.3. The summed E-state index contributed by atoms with van der Waals surface area (Å²) in [6, 6.07) is 10.6. The summed E-state index contributed by atoms with van der Waals surface area (Å²) < 4.78 is 5.65. The van der Waals surface area contributed by atoms with Crippen LogP contribution >= 0.6 is 0 Å². The number of amides is 1. The van der Waals surface area contributed by atoms with Crippen LogP contribution in [-0.2, 0) is 4.79 Å². The number of aliphatic hydroxyl groups excluding tert-OH is 1. The maximum absolute atomic E-state index is 11.5. The molecule has 0 radical (unpaired) electrons. The molecule has 0 saturated heterocycles. The van der Waals surface area contributed by atoms with Gasteiger partial charge in [0, 0.05) is 18.0 Å². The lowest BCUT2D eigenvalue weighted by atomic mass is 10.2. The van der Waals surface area contributed by atoms with E-state index in [1.807, 2.05) is 12.1 Å². The van der Waals surface area contributed by atoms with Gasteiger partial charge in [0.25, 0.3) is 5.91 Å². The lowest BCUT2D eigenvalue weighted by Crippen LogP contribution is -2.24. The molecule has 1 atom stereocenters. The predicted octanol–water partition coefficient (Wildman–Crippen LogP) is 2.21. The Morgan fingerprint density at radius 2 is 2.19 bits per heavy atom. The molecule has 2 aromatic heterocycles. The smallest absolute Gasteiger partial charge is 0.252 e. The number of nitrogens with zero attached hydrogens (tertiary/aromatic N) is 2. The molecule has 2 N–H and O–H groups in total. The number of rotatable bonds is 3. The second-order valence-corrected chi connectivity index (χ2v) is 4.58. The van der Waals surface area contributed by atoms with E-state index in [0.717, 1.165) is 0 Å². The van der Waals surface area contributed by atoms with Crippen molar-refractivity contribution in [2.45, 2.75) is 13.0 Å². The second-order valence-electron chi connectivity index (χ2n) is 4.58. The van der Waals surface area contributed by atoms with E-state index in [-0.39, 0.29) is 0 Å². The van der Waals surface area contributed by atoms with Crippen LogP contribution in [0.15, 0.2) is 47.0 Å². The largest absolute Gasteiger partial charge is 0.435 e. The molecule has 1 amide bonds. The second kappa shape index (κ2) is 5.34. The first-order valence-corrected chi connectivity index (χ1v) is 6.44. The molecular formula is C15H13N3O3. The number of anilines is 1. The van der Waals surface area contributed by atoms with Crippen LogP contribution in [0.3, 0.4) is 0 Å². The summed E-state index contributed by atoms with van der Waals surface area (Å²) in [7, 11) is 0. The third kappa shape index (κ3) is 2.75. The molecule has 6 heteroatoms. The number of nitrogens with one attached hydrogen (secondary N) is 1. The first-order chi connectivity index (χ1) is 10.1. The maximum Gasteiger partial charge on any atom is 0.252 e. The third-order valence-electron chi connectivity index (χ3n) is 2.92. The number of benzene rings is 1. The number of oxazole rings is 1. The number of aliphatic hydroxyl groups is 1. The fourth-order valence-corrected chi connectivity index (χ4v) is 1.85. The fourth-order valence-electron chi connectivity index (χ4n) is 1.85. The van der Waals surface area contributed by atoms with Gasteiger partial charge < -0.3 is 14.8 Å². The van der Waals surface area contributed by atoms with Gasteiger partial charge in [0.2, 0.25) is 5.89 Å². The van der Waals surface area contributed by atoms with Crippen LogP contribution in [0.4, 0.5) is 5.69 Å². The third-order valence-corrected chi connectivity index (χ3v) is 2.92. The van der Waals surface area contributed by atoms with Crippen molar-refractivity contribution in [2.24, 2.45) is 0 Å². The van der Waals surface area contributed by atoms with E-state index >= 15 is 0 Å². The molecular weight excluding hydrogens is 270 g/mol. The van der Waals surface area contributed by atoms with Gasteiger partial charge in [0.1, 0.15) is 17.3 Å². The Balaban J connectivity index is 1.94. The van der Waals surface area contributed by atoms with Crippen molar-refractivity contribution < 1.29 is 14.3 Å². The van der Waals surface area contributed by atoms with E-state index in [1.54, 1.807) is 30.5 Å². The molecule has 0 aliphatic carbocycles. The van der Waals surface area contributed by atoms with Gasteiger partial charge in [-0.25, -0.2) is 4.98 Å².